The second-order valence-corrected chi connectivity index (χ2v) is 4.16. The first-order valence-electron chi connectivity index (χ1n) is 4.48. The topological polar surface area (TPSA) is 45.8 Å². The van der Waals surface area contributed by atoms with Crippen LogP contribution in [-0.4, -0.2) is 9.97 Å². The highest BCUT2D eigenvalue weighted by Crippen LogP contribution is 2.22. The molecule has 0 fully saturated rings. The van der Waals surface area contributed by atoms with Gasteiger partial charge in [0.15, 0.2) is 0 Å². The van der Waals surface area contributed by atoms with Crippen molar-refractivity contribution in [2.24, 2.45) is 0 Å². The molecule has 0 saturated carbocycles. The van der Waals surface area contributed by atoms with Crippen molar-refractivity contribution < 1.29 is 0 Å². The van der Waals surface area contributed by atoms with Crippen LogP contribution in [-0.2, 0) is 0 Å². The Hall–Kier alpha value is -1.42. The number of hydrogen-bond acceptors (Lipinski definition) is 2. The minimum Gasteiger partial charge on any atom is -0.307 e. The number of hydrogen-bond donors (Lipinski definition) is 1. The molecule has 15 heavy (non-hydrogen) atoms. The third-order valence-corrected chi connectivity index (χ3v) is 2.61. The van der Waals surface area contributed by atoms with Gasteiger partial charge in [0.2, 0.25) is 0 Å². The standard InChI is InChI=1S/C11H9BrN2O/c1-7-6-8(12)2-3-9(7)11-13-5-4-10(15)14-11/h2-6H,1H3,(H,13,14,15). The van der Waals surface area contributed by atoms with Gasteiger partial charge in [0.05, 0.1) is 0 Å². The molecule has 0 aliphatic rings. The zero-order valence-corrected chi connectivity index (χ0v) is 9.71. The molecular formula is C11H9BrN2O. The van der Waals surface area contributed by atoms with Crippen LogP contribution >= 0.6 is 15.9 Å². The summed E-state index contributed by atoms with van der Waals surface area (Å²) in [7, 11) is 0. The predicted octanol–water partition coefficient (Wildman–Crippen LogP) is 2.51. The fraction of sp³-hybridized carbons (Fsp3) is 0.0909. The van der Waals surface area contributed by atoms with Crippen LogP contribution in [0.15, 0.2) is 39.7 Å². The number of nitrogens with one attached hydrogen (secondary N) is 1. The van der Waals surface area contributed by atoms with Crippen LogP contribution in [0.2, 0.25) is 0 Å². The second-order valence-electron chi connectivity index (χ2n) is 3.24. The summed E-state index contributed by atoms with van der Waals surface area (Å²) in [5.74, 6) is 0.604. The van der Waals surface area contributed by atoms with E-state index in [1.165, 1.54) is 12.3 Å². The fourth-order valence-corrected chi connectivity index (χ4v) is 1.88. The average Bonchev–Trinajstić information content (AvgIpc) is 2.17. The first kappa shape index (κ1) is 10.1. The molecular weight excluding hydrogens is 256 g/mol. The lowest BCUT2D eigenvalue weighted by atomic mass is 10.1. The highest BCUT2D eigenvalue weighted by atomic mass is 79.9. The lowest BCUT2D eigenvalue weighted by Crippen LogP contribution is -2.06. The Kier molecular flexibility index (Phi) is 2.68. The molecule has 4 heteroatoms. The van der Waals surface area contributed by atoms with E-state index in [2.05, 4.69) is 25.9 Å². The van der Waals surface area contributed by atoms with Gasteiger partial charge in [-0.1, -0.05) is 15.9 Å². The molecule has 76 valence electrons. The molecule has 0 aliphatic heterocycles. The van der Waals surface area contributed by atoms with Gasteiger partial charge in [-0.3, -0.25) is 4.79 Å². The van der Waals surface area contributed by atoms with Gasteiger partial charge < -0.3 is 4.98 Å². The number of benzene rings is 1. The highest BCUT2D eigenvalue weighted by molar-refractivity contribution is 9.10. The van der Waals surface area contributed by atoms with Crippen LogP contribution in [0, 0.1) is 6.92 Å². The number of rotatable bonds is 1. The Labute approximate surface area is 95.3 Å². The molecule has 1 heterocycles. The van der Waals surface area contributed by atoms with E-state index in [4.69, 9.17) is 0 Å². The molecule has 0 radical (unpaired) electrons. The SMILES string of the molecule is Cc1cc(Br)ccc1-c1nccc(=O)[nH]1. The Morgan fingerprint density at radius 1 is 1.33 bits per heavy atom. The van der Waals surface area contributed by atoms with E-state index >= 15 is 0 Å². The average molecular weight is 265 g/mol. The van der Waals surface area contributed by atoms with Crippen molar-refractivity contribution in [2.45, 2.75) is 6.92 Å². The monoisotopic (exact) mass is 264 g/mol. The van der Waals surface area contributed by atoms with Gasteiger partial charge in [-0.2, -0.15) is 0 Å². The van der Waals surface area contributed by atoms with E-state index < -0.39 is 0 Å². The van der Waals surface area contributed by atoms with E-state index in [0.717, 1.165) is 15.6 Å². The number of aromatic amines is 1. The largest absolute Gasteiger partial charge is 0.307 e. The molecule has 0 amide bonds. The van der Waals surface area contributed by atoms with E-state index in [9.17, 15) is 4.79 Å². The zero-order valence-electron chi connectivity index (χ0n) is 8.12. The van der Waals surface area contributed by atoms with Gasteiger partial charge >= 0.3 is 0 Å². The number of aryl methyl sites for hydroxylation is 1. The number of nitrogens with zero attached hydrogens (tertiary/aromatic N) is 1. The molecule has 0 saturated heterocycles. The lowest BCUT2D eigenvalue weighted by molar-refractivity contribution is 1.12. The summed E-state index contributed by atoms with van der Waals surface area (Å²) in [6.45, 7) is 1.98. The van der Waals surface area contributed by atoms with Gasteiger partial charge in [0.1, 0.15) is 5.82 Å². The molecule has 0 aliphatic carbocycles. The highest BCUT2D eigenvalue weighted by Gasteiger charge is 2.03. The van der Waals surface area contributed by atoms with Crippen molar-refractivity contribution in [3.63, 3.8) is 0 Å². The maximum atomic E-state index is 11.1. The van der Waals surface area contributed by atoms with Crippen LogP contribution in [0.3, 0.4) is 0 Å². The smallest absolute Gasteiger partial charge is 0.251 e. The van der Waals surface area contributed by atoms with E-state index in [1.54, 1.807) is 0 Å². The van der Waals surface area contributed by atoms with Crippen molar-refractivity contribution in [1.82, 2.24) is 9.97 Å². The number of H-pyrrole nitrogens is 1. The second kappa shape index (κ2) is 3.98. The maximum absolute atomic E-state index is 11.1. The minimum atomic E-state index is -0.137. The van der Waals surface area contributed by atoms with Gasteiger partial charge in [-0.05, 0) is 30.7 Å². The van der Waals surface area contributed by atoms with Crippen LogP contribution in [0.25, 0.3) is 11.4 Å². The van der Waals surface area contributed by atoms with E-state index in [1.807, 2.05) is 25.1 Å². The first-order valence-corrected chi connectivity index (χ1v) is 5.28. The first-order chi connectivity index (χ1) is 7.16. The van der Waals surface area contributed by atoms with Crippen LogP contribution < -0.4 is 5.56 Å². The Morgan fingerprint density at radius 3 is 2.80 bits per heavy atom. The van der Waals surface area contributed by atoms with Gasteiger partial charge in [0, 0.05) is 22.3 Å². The molecule has 2 rings (SSSR count). The summed E-state index contributed by atoms with van der Waals surface area (Å²) in [6, 6.07) is 7.24. The Bertz CT molecular complexity index is 548. The summed E-state index contributed by atoms with van der Waals surface area (Å²) < 4.78 is 1.02. The molecule has 1 aromatic carbocycles. The van der Waals surface area contributed by atoms with Crippen LogP contribution in [0.5, 0.6) is 0 Å². The molecule has 0 atom stereocenters. The molecule has 0 bridgehead atoms. The molecule has 1 N–H and O–H groups in total. The van der Waals surface area contributed by atoms with E-state index in [0.29, 0.717) is 5.82 Å². The number of aromatic nitrogens is 2. The Morgan fingerprint density at radius 2 is 2.13 bits per heavy atom. The van der Waals surface area contributed by atoms with Crippen molar-refractivity contribution >= 4 is 15.9 Å². The molecule has 0 unspecified atom stereocenters. The fourth-order valence-electron chi connectivity index (χ4n) is 1.40. The molecule has 1 aromatic heterocycles. The summed E-state index contributed by atoms with van der Waals surface area (Å²) in [5.41, 5.74) is 1.87. The lowest BCUT2D eigenvalue weighted by Gasteiger charge is -2.04. The van der Waals surface area contributed by atoms with Crippen molar-refractivity contribution in [2.75, 3.05) is 0 Å². The minimum absolute atomic E-state index is 0.137. The quantitative estimate of drug-likeness (QED) is 0.861. The van der Waals surface area contributed by atoms with Crippen molar-refractivity contribution in [3.05, 3.63) is 50.9 Å². The predicted molar refractivity (Wildman–Crippen MR) is 62.7 cm³/mol. The van der Waals surface area contributed by atoms with Crippen LogP contribution in [0.1, 0.15) is 5.56 Å². The summed E-state index contributed by atoms with van der Waals surface area (Å²) >= 11 is 3.39. The third kappa shape index (κ3) is 2.15. The van der Waals surface area contributed by atoms with Gasteiger partial charge in [-0.15, -0.1) is 0 Å². The Balaban J connectivity index is 2.59. The molecule has 3 nitrogen and oxygen atoms in total. The van der Waals surface area contributed by atoms with Crippen molar-refractivity contribution in [1.29, 1.82) is 0 Å². The maximum Gasteiger partial charge on any atom is 0.251 e. The van der Waals surface area contributed by atoms with Gasteiger partial charge in [0.25, 0.3) is 5.56 Å². The number of halogens is 1. The third-order valence-electron chi connectivity index (χ3n) is 2.11. The zero-order chi connectivity index (χ0) is 10.8. The summed E-state index contributed by atoms with van der Waals surface area (Å²) in [6.07, 6.45) is 1.51. The summed E-state index contributed by atoms with van der Waals surface area (Å²) in [5, 5.41) is 0. The summed E-state index contributed by atoms with van der Waals surface area (Å²) in [4.78, 5) is 18.0. The normalized spacial score (nSPS) is 10.3. The van der Waals surface area contributed by atoms with Crippen LogP contribution in [0.4, 0.5) is 0 Å². The molecule has 0 spiro atoms. The van der Waals surface area contributed by atoms with Gasteiger partial charge in [-0.25, -0.2) is 4.98 Å². The van der Waals surface area contributed by atoms with Crippen molar-refractivity contribution in [3.8, 4) is 11.4 Å². The van der Waals surface area contributed by atoms with E-state index in [-0.39, 0.29) is 5.56 Å². The molecule has 2 aromatic rings.